The number of hydrogen-bond acceptors (Lipinski definition) is 2. The van der Waals surface area contributed by atoms with Gasteiger partial charge < -0.3 is 5.32 Å². The van der Waals surface area contributed by atoms with Crippen molar-refractivity contribution >= 4 is 5.91 Å². The number of benzene rings is 2. The molecular formula is C23H27N3O. The molecule has 0 aliphatic rings. The number of rotatable bonds is 7. The average molecular weight is 361 g/mol. The Morgan fingerprint density at radius 3 is 2.19 bits per heavy atom. The number of hydrogen-bond donors (Lipinski definition) is 1. The van der Waals surface area contributed by atoms with Gasteiger partial charge in [-0.3, -0.25) is 9.48 Å². The van der Waals surface area contributed by atoms with Gasteiger partial charge in [-0.1, -0.05) is 67.6 Å². The zero-order valence-electron chi connectivity index (χ0n) is 16.3. The van der Waals surface area contributed by atoms with Crippen LogP contribution in [-0.4, -0.2) is 21.7 Å². The van der Waals surface area contributed by atoms with Crippen molar-refractivity contribution in [1.29, 1.82) is 0 Å². The molecule has 0 aliphatic carbocycles. The van der Waals surface area contributed by atoms with Gasteiger partial charge in [-0.05, 0) is 37.8 Å². The molecule has 1 unspecified atom stereocenters. The smallest absolute Gasteiger partial charge is 0.255 e. The molecule has 0 radical (unpaired) electrons. The van der Waals surface area contributed by atoms with Crippen LogP contribution in [0.2, 0.25) is 0 Å². The van der Waals surface area contributed by atoms with Crippen LogP contribution in [0, 0.1) is 13.8 Å². The first-order valence-corrected chi connectivity index (χ1v) is 9.51. The molecule has 0 saturated carbocycles. The highest BCUT2D eigenvalue weighted by Crippen LogP contribution is 2.16. The van der Waals surface area contributed by atoms with E-state index in [0.717, 1.165) is 24.2 Å². The number of nitrogens with one attached hydrogen (secondary N) is 1. The maximum Gasteiger partial charge on any atom is 0.255 e. The minimum atomic E-state index is -0.0351. The highest BCUT2D eigenvalue weighted by molar-refractivity contribution is 5.96. The van der Waals surface area contributed by atoms with Gasteiger partial charge in [-0.25, -0.2) is 0 Å². The lowest BCUT2D eigenvalue weighted by Gasteiger charge is -2.17. The Kier molecular flexibility index (Phi) is 6.07. The number of carbonyl (C=O) groups excluding carboxylic acids is 1. The van der Waals surface area contributed by atoms with Crippen LogP contribution in [0.1, 0.15) is 46.2 Å². The largest absolute Gasteiger partial charge is 0.349 e. The van der Waals surface area contributed by atoms with E-state index in [1.807, 2.05) is 54.9 Å². The second-order valence-corrected chi connectivity index (χ2v) is 6.96. The van der Waals surface area contributed by atoms with Crippen LogP contribution >= 0.6 is 0 Å². The second kappa shape index (κ2) is 8.67. The van der Waals surface area contributed by atoms with Gasteiger partial charge in [-0.15, -0.1) is 0 Å². The highest BCUT2D eigenvalue weighted by Gasteiger charge is 2.21. The maximum absolute atomic E-state index is 12.9. The van der Waals surface area contributed by atoms with Crippen LogP contribution < -0.4 is 5.32 Å². The molecule has 4 heteroatoms. The van der Waals surface area contributed by atoms with E-state index in [0.29, 0.717) is 12.1 Å². The standard InChI is InChI=1S/C23H27N3O/c1-4-21(15-19-11-7-5-8-12-19)24-23(27)22-17(2)25-26(18(22)3)16-20-13-9-6-10-14-20/h5-14,21H,4,15-16H2,1-3H3,(H,24,27). The normalized spacial score (nSPS) is 12.0. The van der Waals surface area contributed by atoms with Crippen LogP contribution in [0.25, 0.3) is 0 Å². The summed E-state index contributed by atoms with van der Waals surface area (Å²) in [5.74, 6) is -0.0351. The van der Waals surface area contributed by atoms with E-state index in [4.69, 9.17) is 0 Å². The molecule has 0 bridgehead atoms. The third-order valence-electron chi connectivity index (χ3n) is 4.94. The lowest BCUT2D eigenvalue weighted by molar-refractivity contribution is 0.0934. The summed E-state index contributed by atoms with van der Waals surface area (Å²) < 4.78 is 1.91. The molecule has 140 valence electrons. The zero-order chi connectivity index (χ0) is 19.2. The second-order valence-electron chi connectivity index (χ2n) is 6.96. The Balaban J connectivity index is 1.74. The Bertz CT molecular complexity index is 885. The predicted octanol–water partition coefficient (Wildman–Crippen LogP) is 4.30. The van der Waals surface area contributed by atoms with E-state index in [-0.39, 0.29) is 11.9 Å². The Hall–Kier alpha value is -2.88. The van der Waals surface area contributed by atoms with Gasteiger partial charge in [-0.2, -0.15) is 5.10 Å². The van der Waals surface area contributed by atoms with Crippen molar-refractivity contribution in [2.24, 2.45) is 0 Å². The number of aromatic nitrogens is 2. The van der Waals surface area contributed by atoms with Crippen LogP contribution in [0.4, 0.5) is 0 Å². The summed E-state index contributed by atoms with van der Waals surface area (Å²) in [6, 6.07) is 20.6. The third-order valence-corrected chi connectivity index (χ3v) is 4.94. The fourth-order valence-corrected chi connectivity index (χ4v) is 3.39. The van der Waals surface area contributed by atoms with Gasteiger partial charge in [0.2, 0.25) is 0 Å². The lowest BCUT2D eigenvalue weighted by Crippen LogP contribution is -2.36. The molecule has 0 saturated heterocycles. The van der Waals surface area contributed by atoms with Gasteiger partial charge in [0.05, 0.1) is 17.8 Å². The molecule has 1 atom stereocenters. The highest BCUT2D eigenvalue weighted by atomic mass is 16.1. The van der Waals surface area contributed by atoms with Gasteiger partial charge in [0, 0.05) is 11.7 Å². The number of amides is 1. The molecule has 2 aromatic carbocycles. The monoisotopic (exact) mass is 361 g/mol. The average Bonchev–Trinajstić information content (AvgIpc) is 2.96. The third kappa shape index (κ3) is 4.64. The molecule has 1 N–H and O–H groups in total. The van der Waals surface area contributed by atoms with Crippen molar-refractivity contribution in [3.63, 3.8) is 0 Å². The van der Waals surface area contributed by atoms with Crippen molar-refractivity contribution in [1.82, 2.24) is 15.1 Å². The summed E-state index contributed by atoms with van der Waals surface area (Å²) >= 11 is 0. The molecule has 0 spiro atoms. The lowest BCUT2D eigenvalue weighted by atomic mass is 10.0. The topological polar surface area (TPSA) is 46.9 Å². The summed E-state index contributed by atoms with van der Waals surface area (Å²) in [6.45, 7) is 6.64. The van der Waals surface area contributed by atoms with Crippen LogP contribution in [-0.2, 0) is 13.0 Å². The Morgan fingerprint density at radius 1 is 1.00 bits per heavy atom. The fourth-order valence-electron chi connectivity index (χ4n) is 3.39. The van der Waals surface area contributed by atoms with E-state index in [1.165, 1.54) is 11.1 Å². The van der Waals surface area contributed by atoms with E-state index >= 15 is 0 Å². The molecule has 3 aromatic rings. The van der Waals surface area contributed by atoms with Crippen molar-refractivity contribution in [2.75, 3.05) is 0 Å². The van der Waals surface area contributed by atoms with Crippen molar-refractivity contribution in [3.05, 3.63) is 88.7 Å². The van der Waals surface area contributed by atoms with Crippen molar-refractivity contribution < 1.29 is 4.79 Å². The molecule has 0 fully saturated rings. The van der Waals surface area contributed by atoms with Crippen molar-refractivity contribution in [3.8, 4) is 0 Å². The van der Waals surface area contributed by atoms with E-state index in [9.17, 15) is 4.79 Å². The summed E-state index contributed by atoms with van der Waals surface area (Å²) in [5.41, 5.74) is 4.78. The number of carbonyl (C=O) groups is 1. The van der Waals surface area contributed by atoms with Crippen LogP contribution in [0.3, 0.4) is 0 Å². The van der Waals surface area contributed by atoms with Gasteiger partial charge in [0.1, 0.15) is 0 Å². The molecule has 0 aliphatic heterocycles. The fraction of sp³-hybridized carbons (Fsp3) is 0.304. The molecule has 3 rings (SSSR count). The molecule has 27 heavy (non-hydrogen) atoms. The SMILES string of the molecule is CCC(Cc1ccccc1)NC(=O)c1c(C)nn(Cc2ccccc2)c1C. The minimum Gasteiger partial charge on any atom is -0.349 e. The molecule has 4 nitrogen and oxygen atoms in total. The quantitative estimate of drug-likeness (QED) is 0.682. The number of aryl methyl sites for hydroxylation is 1. The maximum atomic E-state index is 12.9. The van der Waals surface area contributed by atoms with E-state index in [1.54, 1.807) is 0 Å². The molecule has 1 heterocycles. The first-order valence-electron chi connectivity index (χ1n) is 9.51. The minimum absolute atomic E-state index is 0.0351. The van der Waals surface area contributed by atoms with E-state index < -0.39 is 0 Å². The van der Waals surface area contributed by atoms with Gasteiger partial charge in [0.25, 0.3) is 5.91 Å². The predicted molar refractivity (Wildman–Crippen MR) is 109 cm³/mol. The number of nitrogens with zero attached hydrogens (tertiary/aromatic N) is 2. The van der Waals surface area contributed by atoms with Gasteiger partial charge >= 0.3 is 0 Å². The summed E-state index contributed by atoms with van der Waals surface area (Å²) in [5, 5.41) is 7.80. The summed E-state index contributed by atoms with van der Waals surface area (Å²) in [4.78, 5) is 12.9. The molecule has 1 aromatic heterocycles. The summed E-state index contributed by atoms with van der Waals surface area (Å²) in [6.07, 6.45) is 1.72. The Labute approximate surface area is 161 Å². The van der Waals surface area contributed by atoms with Crippen LogP contribution in [0.15, 0.2) is 60.7 Å². The first-order chi connectivity index (χ1) is 13.1. The molecular weight excluding hydrogens is 334 g/mol. The van der Waals surface area contributed by atoms with E-state index in [2.05, 4.69) is 41.6 Å². The van der Waals surface area contributed by atoms with Crippen LogP contribution in [0.5, 0.6) is 0 Å². The molecule has 1 amide bonds. The van der Waals surface area contributed by atoms with Crippen molar-refractivity contribution in [2.45, 2.75) is 46.2 Å². The Morgan fingerprint density at radius 2 is 1.59 bits per heavy atom. The first kappa shape index (κ1) is 18.9. The zero-order valence-corrected chi connectivity index (χ0v) is 16.3. The summed E-state index contributed by atoms with van der Waals surface area (Å²) in [7, 11) is 0. The van der Waals surface area contributed by atoms with Gasteiger partial charge in [0.15, 0.2) is 0 Å².